The number of hydrogen-bond donors (Lipinski definition) is 1. The first kappa shape index (κ1) is 25.2. The van der Waals surface area contributed by atoms with Crippen LogP contribution in [0.15, 0.2) is 36.4 Å². The molecule has 186 valence electrons. The van der Waals surface area contributed by atoms with Gasteiger partial charge < -0.3 is 0 Å². The van der Waals surface area contributed by atoms with Gasteiger partial charge in [-0.25, -0.2) is 17.5 Å². The number of rotatable bonds is 10. The number of nitrogens with one attached hydrogen (secondary N) is 1. The zero-order valence-electron chi connectivity index (χ0n) is 19.3. The van der Waals surface area contributed by atoms with Crippen molar-refractivity contribution in [3.8, 4) is 0 Å². The Morgan fingerprint density at radius 2 is 1.88 bits per heavy atom. The van der Waals surface area contributed by atoms with E-state index in [1.54, 1.807) is 6.07 Å². The lowest BCUT2D eigenvalue weighted by Crippen LogP contribution is -2.29. The van der Waals surface area contributed by atoms with Gasteiger partial charge in [-0.15, -0.1) is 0 Å². The molecule has 34 heavy (non-hydrogen) atoms. The van der Waals surface area contributed by atoms with Gasteiger partial charge in [-0.1, -0.05) is 37.6 Å². The third-order valence-electron chi connectivity index (χ3n) is 7.00. The summed E-state index contributed by atoms with van der Waals surface area (Å²) in [6.45, 7) is 2.20. The molecule has 8 heteroatoms. The number of hydrogen-bond acceptors (Lipinski definition) is 2. The smallest absolute Gasteiger partial charge is 0.215 e. The standard InChI is InChI=1S/C26H31F4NO2S/c1-2-4-19-13-21-15-25(27)20(9-10-31-34(32,33)16-17-7-8-17)14-24(21)23(19)12-18-5-3-6-22(11-18)26(28,29)30/h3,5-6,11,14-15,17,19,23,31H,2,4,7-10,12-13,16H2,1H3. The van der Waals surface area contributed by atoms with Gasteiger partial charge in [-0.2, -0.15) is 13.2 Å². The fourth-order valence-electron chi connectivity index (χ4n) is 5.14. The number of alkyl halides is 3. The lowest BCUT2D eigenvalue weighted by molar-refractivity contribution is -0.137. The van der Waals surface area contributed by atoms with Crippen molar-refractivity contribution in [2.75, 3.05) is 12.3 Å². The first-order valence-electron chi connectivity index (χ1n) is 12.0. The molecule has 2 aromatic carbocycles. The topological polar surface area (TPSA) is 46.2 Å². The first-order valence-corrected chi connectivity index (χ1v) is 13.7. The van der Waals surface area contributed by atoms with Crippen molar-refractivity contribution in [1.82, 2.24) is 4.72 Å². The van der Waals surface area contributed by atoms with Crippen LogP contribution in [0.2, 0.25) is 0 Å². The van der Waals surface area contributed by atoms with Gasteiger partial charge in [0.05, 0.1) is 11.3 Å². The molecule has 2 aliphatic rings. The normalized spacial score (nSPS) is 20.5. The molecule has 0 bridgehead atoms. The third kappa shape index (κ3) is 6.19. The van der Waals surface area contributed by atoms with Crippen molar-refractivity contribution in [3.63, 3.8) is 0 Å². The van der Waals surface area contributed by atoms with E-state index in [1.807, 2.05) is 6.07 Å². The Kier molecular flexibility index (Phi) is 7.38. The van der Waals surface area contributed by atoms with Crippen LogP contribution >= 0.6 is 0 Å². The van der Waals surface area contributed by atoms with E-state index in [-0.39, 0.29) is 42.3 Å². The van der Waals surface area contributed by atoms with Crippen LogP contribution in [0.5, 0.6) is 0 Å². The fraction of sp³-hybridized carbons (Fsp3) is 0.538. The monoisotopic (exact) mass is 497 g/mol. The van der Waals surface area contributed by atoms with E-state index in [0.29, 0.717) is 24.0 Å². The molecule has 2 aliphatic carbocycles. The van der Waals surface area contributed by atoms with Crippen LogP contribution in [0.4, 0.5) is 17.6 Å². The summed E-state index contributed by atoms with van der Waals surface area (Å²) in [5, 5.41) is 0. The average molecular weight is 498 g/mol. The molecule has 1 N–H and O–H groups in total. The highest BCUT2D eigenvalue weighted by atomic mass is 32.2. The van der Waals surface area contributed by atoms with Crippen molar-refractivity contribution in [2.24, 2.45) is 11.8 Å². The summed E-state index contributed by atoms with van der Waals surface area (Å²) in [6.07, 6.45) is 0.733. The van der Waals surface area contributed by atoms with Crippen LogP contribution in [-0.4, -0.2) is 20.7 Å². The fourth-order valence-corrected chi connectivity index (χ4v) is 6.63. The Morgan fingerprint density at radius 3 is 2.56 bits per heavy atom. The Bertz CT molecular complexity index is 1130. The minimum Gasteiger partial charge on any atom is -0.215 e. The van der Waals surface area contributed by atoms with Crippen LogP contribution in [0.3, 0.4) is 0 Å². The number of halogens is 4. The van der Waals surface area contributed by atoms with Gasteiger partial charge in [0.15, 0.2) is 0 Å². The highest BCUT2D eigenvalue weighted by Gasteiger charge is 2.34. The van der Waals surface area contributed by atoms with Crippen LogP contribution in [0.25, 0.3) is 0 Å². The van der Waals surface area contributed by atoms with Gasteiger partial charge in [0.2, 0.25) is 10.0 Å². The summed E-state index contributed by atoms with van der Waals surface area (Å²) < 4.78 is 81.3. The molecule has 1 saturated carbocycles. The van der Waals surface area contributed by atoms with Gasteiger partial charge in [-0.3, -0.25) is 0 Å². The van der Waals surface area contributed by atoms with Gasteiger partial charge in [0.25, 0.3) is 0 Å². The highest BCUT2D eigenvalue weighted by molar-refractivity contribution is 7.89. The Labute approximate surface area is 199 Å². The van der Waals surface area contributed by atoms with Crippen molar-refractivity contribution < 1.29 is 26.0 Å². The number of benzene rings is 2. The summed E-state index contributed by atoms with van der Waals surface area (Å²) in [4.78, 5) is 0. The first-order chi connectivity index (χ1) is 16.1. The predicted octanol–water partition coefficient (Wildman–Crippen LogP) is 6.02. The molecule has 2 atom stereocenters. The van der Waals surface area contributed by atoms with Crippen LogP contribution in [0.1, 0.15) is 66.3 Å². The SMILES string of the molecule is CCCC1Cc2cc(F)c(CCNS(=O)(=O)CC3CC3)cc2C1Cc1cccc(C(F)(F)F)c1. The molecule has 4 rings (SSSR count). The molecule has 0 spiro atoms. The molecule has 2 unspecified atom stereocenters. The molecule has 0 amide bonds. The summed E-state index contributed by atoms with van der Waals surface area (Å²) in [7, 11) is -3.36. The molecule has 0 saturated heterocycles. The van der Waals surface area contributed by atoms with Crippen molar-refractivity contribution in [1.29, 1.82) is 0 Å². The van der Waals surface area contributed by atoms with Crippen LogP contribution < -0.4 is 4.72 Å². The second-order valence-corrected chi connectivity index (χ2v) is 11.6. The summed E-state index contributed by atoms with van der Waals surface area (Å²) in [6, 6.07) is 8.79. The van der Waals surface area contributed by atoms with E-state index in [4.69, 9.17) is 0 Å². The third-order valence-corrected chi connectivity index (χ3v) is 8.55. The molecular weight excluding hydrogens is 466 g/mol. The second-order valence-electron chi connectivity index (χ2n) is 9.77. The molecule has 3 nitrogen and oxygen atoms in total. The molecule has 0 radical (unpaired) electrons. The molecule has 0 heterocycles. The minimum atomic E-state index is -4.39. The highest BCUT2D eigenvalue weighted by Crippen LogP contribution is 2.44. The van der Waals surface area contributed by atoms with E-state index in [1.165, 1.54) is 18.2 Å². The molecular formula is C26H31F4NO2S. The minimum absolute atomic E-state index is 0.00402. The maximum atomic E-state index is 14.8. The average Bonchev–Trinajstić information content (AvgIpc) is 3.50. The predicted molar refractivity (Wildman–Crippen MR) is 125 cm³/mol. The lowest BCUT2D eigenvalue weighted by atomic mass is 9.83. The Hall–Kier alpha value is -1.93. The largest absolute Gasteiger partial charge is 0.416 e. The summed E-state index contributed by atoms with van der Waals surface area (Å²) in [5.41, 5.74) is 2.29. The van der Waals surface area contributed by atoms with Gasteiger partial charge in [0.1, 0.15) is 5.82 Å². The van der Waals surface area contributed by atoms with Gasteiger partial charge in [-0.05, 0) is 90.7 Å². The Balaban J connectivity index is 1.53. The molecule has 2 aromatic rings. The van der Waals surface area contributed by atoms with E-state index in [9.17, 15) is 26.0 Å². The number of fused-ring (bicyclic) bond motifs is 1. The molecule has 0 aliphatic heterocycles. The van der Waals surface area contributed by atoms with Crippen molar-refractivity contribution in [2.45, 2.75) is 64.0 Å². The number of sulfonamides is 1. The van der Waals surface area contributed by atoms with Gasteiger partial charge in [0, 0.05) is 6.54 Å². The zero-order chi connectivity index (χ0) is 24.5. The molecule has 0 aromatic heterocycles. The van der Waals surface area contributed by atoms with Crippen molar-refractivity contribution in [3.05, 3.63) is 70.0 Å². The maximum Gasteiger partial charge on any atom is 0.416 e. The van der Waals surface area contributed by atoms with E-state index in [2.05, 4.69) is 11.6 Å². The quantitative estimate of drug-likeness (QED) is 0.409. The van der Waals surface area contributed by atoms with E-state index >= 15 is 0 Å². The lowest BCUT2D eigenvalue weighted by Gasteiger charge is -2.21. The van der Waals surface area contributed by atoms with E-state index < -0.39 is 21.8 Å². The maximum absolute atomic E-state index is 14.8. The van der Waals surface area contributed by atoms with Crippen LogP contribution in [0, 0.1) is 17.7 Å². The molecule has 1 fully saturated rings. The van der Waals surface area contributed by atoms with Crippen LogP contribution in [-0.2, 0) is 35.5 Å². The van der Waals surface area contributed by atoms with Crippen molar-refractivity contribution >= 4 is 10.0 Å². The second kappa shape index (κ2) is 9.97. The van der Waals surface area contributed by atoms with E-state index in [0.717, 1.165) is 42.9 Å². The summed E-state index contributed by atoms with van der Waals surface area (Å²) >= 11 is 0. The zero-order valence-corrected chi connectivity index (χ0v) is 20.1. The summed E-state index contributed by atoms with van der Waals surface area (Å²) in [5.74, 6) is 0.249. The Morgan fingerprint density at radius 1 is 1.12 bits per heavy atom. The van der Waals surface area contributed by atoms with Gasteiger partial charge >= 0.3 is 6.18 Å².